The average molecular weight is 480 g/mol. The molecule has 0 aliphatic rings. The van der Waals surface area contributed by atoms with Gasteiger partial charge in [0, 0.05) is 17.3 Å². The lowest BCUT2D eigenvalue weighted by atomic mass is 10.1. The Labute approximate surface area is 202 Å². The van der Waals surface area contributed by atoms with Crippen molar-refractivity contribution in [1.82, 2.24) is 24.4 Å². The van der Waals surface area contributed by atoms with Gasteiger partial charge in [-0.3, -0.25) is 10.00 Å². The lowest BCUT2D eigenvalue weighted by Crippen LogP contribution is -2.27. The summed E-state index contributed by atoms with van der Waals surface area (Å²) < 4.78 is 14.3. The van der Waals surface area contributed by atoms with Gasteiger partial charge in [-0.15, -0.1) is 0 Å². The average Bonchev–Trinajstić information content (AvgIpc) is 3.37. The first-order chi connectivity index (χ1) is 16.6. The number of aromatic nitrogens is 5. The second kappa shape index (κ2) is 9.26. The Hall–Kier alpha value is -4.12. The molecule has 0 saturated carbocycles. The lowest BCUT2D eigenvalue weighted by Gasteiger charge is -2.20. The van der Waals surface area contributed by atoms with Crippen LogP contribution >= 0.6 is 0 Å². The Bertz CT molecular complexity index is 1370. The van der Waals surface area contributed by atoms with Crippen molar-refractivity contribution in [3.63, 3.8) is 0 Å². The van der Waals surface area contributed by atoms with E-state index in [0.29, 0.717) is 29.3 Å². The summed E-state index contributed by atoms with van der Waals surface area (Å²) in [5, 5.41) is 21.1. The van der Waals surface area contributed by atoms with E-state index in [1.807, 2.05) is 18.3 Å². The minimum Gasteiger partial charge on any atom is -0.495 e. The molecule has 1 amide bonds. The van der Waals surface area contributed by atoms with Gasteiger partial charge in [0.1, 0.15) is 23.2 Å². The van der Waals surface area contributed by atoms with E-state index in [1.54, 1.807) is 55.2 Å². The molecule has 0 saturated heterocycles. The smallest absolute Gasteiger partial charge is 0.412 e. The van der Waals surface area contributed by atoms with Gasteiger partial charge in [0.25, 0.3) is 0 Å². The summed E-state index contributed by atoms with van der Waals surface area (Å²) in [4.78, 5) is 16.4. The number of hydrogen-bond acceptors (Lipinski definition) is 8. The monoisotopic (exact) mass is 479 g/mol. The summed E-state index contributed by atoms with van der Waals surface area (Å²) in [6, 6.07) is 7.33. The quantitative estimate of drug-likeness (QED) is 0.381. The molecule has 1 atom stereocenters. The molecule has 1 aromatic carbocycles. The lowest BCUT2D eigenvalue weighted by molar-refractivity contribution is 0.0635. The number of rotatable bonds is 6. The molecular formula is C24H29N7O4. The molecule has 3 heterocycles. The minimum atomic E-state index is -0.625. The van der Waals surface area contributed by atoms with E-state index in [0.717, 1.165) is 22.4 Å². The number of aliphatic hydroxyl groups excluding tert-OH is 1. The zero-order valence-corrected chi connectivity index (χ0v) is 20.3. The number of nitrogens with one attached hydrogen (secondary N) is 1. The molecule has 0 radical (unpaired) electrons. The molecule has 11 nitrogen and oxygen atoms in total. The molecule has 4 rings (SSSR count). The van der Waals surface area contributed by atoms with E-state index in [2.05, 4.69) is 20.5 Å². The third-order valence-corrected chi connectivity index (χ3v) is 5.11. The standard InChI is InChI=1S/C24H29N7O4/c1-14(32)11-30-12-16(10-27-30)19-9-17(21-22(25)26-13-28-31(19)21)15-6-7-18(20(8-15)34-5)29-23(33)35-24(2,3)4/h6-10,12-14,32H,11H2,1-5H3,(H,29,33)(H2,25,26,28). The van der Waals surface area contributed by atoms with E-state index >= 15 is 0 Å². The van der Waals surface area contributed by atoms with Gasteiger partial charge in [-0.25, -0.2) is 14.3 Å². The highest BCUT2D eigenvalue weighted by Gasteiger charge is 2.21. The van der Waals surface area contributed by atoms with Crippen LogP contribution < -0.4 is 15.8 Å². The van der Waals surface area contributed by atoms with Crippen molar-refractivity contribution in [2.24, 2.45) is 0 Å². The molecule has 4 aromatic rings. The van der Waals surface area contributed by atoms with E-state index in [9.17, 15) is 9.90 Å². The third-order valence-electron chi connectivity index (χ3n) is 5.11. The van der Waals surface area contributed by atoms with Crippen molar-refractivity contribution in [2.45, 2.75) is 45.9 Å². The molecule has 0 spiro atoms. The number of amides is 1. The topological polar surface area (TPSA) is 142 Å². The van der Waals surface area contributed by atoms with Gasteiger partial charge in [0.05, 0.1) is 37.3 Å². The fraction of sp³-hybridized carbons (Fsp3) is 0.333. The normalized spacial score (nSPS) is 12.5. The first-order valence-electron chi connectivity index (χ1n) is 11.1. The van der Waals surface area contributed by atoms with Gasteiger partial charge in [-0.2, -0.15) is 10.2 Å². The Morgan fingerprint density at radius 2 is 2.00 bits per heavy atom. The summed E-state index contributed by atoms with van der Waals surface area (Å²) in [6.45, 7) is 7.46. The highest BCUT2D eigenvalue weighted by Crippen LogP contribution is 2.38. The molecule has 0 bridgehead atoms. The zero-order chi connectivity index (χ0) is 25.3. The van der Waals surface area contributed by atoms with Crippen LogP contribution in [0.2, 0.25) is 0 Å². The van der Waals surface area contributed by atoms with Crippen LogP contribution in [0.3, 0.4) is 0 Å². The Morgan fingerprint density at radius 3 is 2.69 bits per heavy atom. The van der Waals surface area contributed by atoms with Crippen LogP contribution in [0.5, 0.6) is 5.75 Å². The van der Waals surface area contributed by atoms with Gasteiger partial charge in [-0.1, -0.05) is 6.07 Å². The summed E-state index contributed by atoms with van der Waals surface area (Å²) in [7, 11) is 1.52. The number of carbonyl (C=O) groups excluding carboxylic acids is 1. The number of fused-ring (bicyclic) bond motifs is 1. The molecule has 0 fully saturated rings. The van der Waals surface area contributed by atoms with Crippen LogP contribution in [0.15, 0.2) is 43.0 Å². The van der Waals surface area contributed by atoms with Crippen molar-refractivity contribution in [3.05, 3.63) is 43.0 Å². The maximum Gasteiger partial charge on any atom is 0.412 e. The van der Waals surface area contributed by atoms with Crippen LogP contribution in [0.25, 0.3) is 27.9 Å². The molecule has 4 N–H and O–H groups in total. The summed E-state index contributed by atoms with van der Waals surface area (Å²) >= 11 is 0. The fourth-order valence-corrected chi connectivity index (χ4v) is 3.74. The van der Waals surface area contributed by atoms with Crippen molar-refractivity contribution >= 4 is 23.1 Å². The van der Waals surface area contributed by atoms with E-state index < -0.39 is 17.8 Å². The Morgan fingerprint density at radius 1 is 1.23 bits per heavy atom. The molecule has 0 aliphatic carbocycles. The van der Waals surface area contributed by atoms with Gasteiger partial charge >= 0.3 is 6.09 Å². The Kier molecular flexibility index (Phi) is 6.35. The van der Waals surface area contributed by atoms with E-state index in [1.165, 1.54) is 13.4 Å². The number of nitrogens with two attached hydrogens (primary N) is 1. The molecule has 1 unspecified atom stereocenters. The SMILES string of the molecule is COc1cc(-c2cc(-c3cnn(CC(C)O)c3)n3ncnc(N)c23)ccc1NC(=O)OC(C)(C)C. The number of aliphatic hydroxyl groups is 1. The highest BCUT2D eigenvalue weighted by molar-refractivity contribution is 5.94. The van der Waals surface area contributed by atoms with E-state index in [4.69, 9.17) is 15.2 Å². The first kappa shape index (κ1) is 24.0. The predicted octanol–water partition coefficient (Wildman–Crippen LogP) is 3.58. The number of anilines is 2. The van der Waals surface area contributed by atoms with Gasteiger partial charge in [-0.05, 0) is 51.5 Å². The number of nitrogen functional groups attached to an aromatic ring is 1. The van der Waals surface area contributed by atoms with Gasteiger partial charge < -0.3 is 20.3 Å². The largest absolute Gasteiger partial charge is 0.495 e. The number of carbonyl (C=O) groups is 1. The molecular weight excluding hydrogens is 450 g/mol. The first-order valence-corrected chi connectivity index (χ1v) is 11.1. The van der Waals surface area contributed by atoms with Gasteiger partial charge in [0.2, 0.25) is 0 Å². The number of nitrogens with zero attached hydrogens (tertiary/aromatic N) is 5. The van der Waals surface area contributed by atoms with E-state index in [-0.39, 0.29) is 0 Å². The predicted molar refractivity (Wildman–Crippen MR) is 132 cm³/mol. The maximum atomic E-state index is 12.3. The number of ether oxygens (including phenoxy) is 2. The third kappa shape index (κ3) is 5.19. The highest BCUT2D eigenvalue weighted by atomic mass is 16.6. The zero-order valence-electron chi connectivity index (χ0n) is 20.3. The van der Waals surface area contributed by atoms with Crippen LogP contribution in [0.1, 0.15) is 27.7 Å². The van der Waals surface area contributed by atoms with Crippen molar-refractivity contribution in [2.75, 3.05) is 18.2 Å². The second-order valence-electron chi connectivity index (χ2n) is 9.19. The van der Waals surface area contributed by atoms with Crippen molar-refractivity contribution < 1.29 is 19.4 Å². The second-order valence-corrected chi connectivity index (χ2v) is 9.19. The summed E-state index contributed by atoms with van der Waals surface area (Å²) in [5.41, 5.74) is 9.86. The van der Waals surface area contributed by atoms with Crippen LogP contribution in [-0.4, -0.2) is 54.4 Å². The fourth-order valence-electron chi connectivity index (χ4n) is 3.74. The maximum absolute atomic E-state index is 12.3. The number of hydrogen-bond donors (Lipinski definition) is 3. The van der Waals surface area contributed by atoms with Gasteiger partial charge in [0.15, 0.2) is 5.82 Å². The number of benzene rings is 1. The summed E-state index contributed by atoms with van der Waals surface area (Å²) in [5.74, 6) is 0.766. The van der Waals surface area contributed by atoms with Crippen LogP contribution in [0.4, 0.5) is 16.3 Å². The summed E-state index contributed by atoms with van der Waals surface area (Å²) in [6.07, 6.45) is 3.84. The van der Waals surface area contributed by atoms with Crippen LogP contribution in [-0.2, 0) is 11.3 Å². The van der Waals surface area contributed by atoms with Crippen LogP contribution in [0, 0.1) is 0 Å². The molecule has 0 aliphatic heterocycles. The molecule has 35 heavy (non-hydrogen) atoms. The number of methoxy groups -OCH3 is 1. The minimum absolute atomic E-state index is 0.313. The van der Waals surface area contributed by atoms with Crippen molar-refractivity contribution in [3.8, 4) is 28.1 Å². The molecule has 11 heteroatoms. The molecule has 3 aromatic heterocycles. The molecule has 184 valence electrons. The van der Waals surface area contributed by atoms with Crippen molar-refractivity contribution in [1.29, 1.82) is 0 Å². The Balaban J connectivity index is 1.76.